The maximum atomic E-state index is 12.3. The molecule has 0 bridgehead atoms. The summed E-state index contributed by atoms with van der Waals surface area (Å²) in [6, 6.07) is 3.55. The molecule has 1 N–H and O–H groups in total. The van der Waals surface area contributed by atoms with Crippen molar-refractivity contribution >= 4 is 24.1 Å². The van der Waals surface area contributed by atoms with Crippen molar-refractivity contribution in [2.24, 2.45) is 0 Å². The van der Waals surface area contributed by atoms with E-state index in [9.17, 15) is 24.5 Å². The summed E-state index contributed by atoms with van der Waals surface area (Å²) in [6.07, 6.45) is 0.299. The third-order valence-corrected chi connectivity index (χ3v) is 3.51. The second kappa shape index (κ2) is 6.90. The molecular weight excluding hydrogens is 318 g/mol. The van der Waals surface area contributed by atoms with Crippen LogP contribution in [0.3, 0.4) is 0 Å². The van der Waals surface area contributed by atoms with E-state index in [4.69, 9.17) is 4.74 Å². The van der Waals surface area contributed by atoms with Gasteiger partial charge in [-0.3, -0.25) is 19.8 Å². The van der Waals surface area contributed by atoms with E-state index in [1.165, 1.54) is 31.2 Å². The molecule has 1 aromatic carbocycles. The van der Waals surface area contributed by atoms with Gasteiger partial charge in [-0.15, -0.1) is 0 Å². The van der Waals surface area contributed by atoms with Gasteiger partial charge in [-0.2, -0.15) is 0 Å². The predicted molar refractivity (Wildman–Crippen MR) is 81.6 cm³/mol. The van der Waals surface area contributed by atoms with Crippen molar-refractivity contribution in [1.82, 2.24) is 10.2 Å². The highest BCUT2D eigenvalue weighted by Crippen LogP contribution is 2.34. The summed E-state index contributed by atoms with van der Waals surface area (Å²) in [6.45, 7) is 3.27. The van der Waals surface area contributed by atoms with E-state index in [0.717, 1.165) is 4.90 Å². The lowest BCUT2D eigenvalue weighted by molar-refractivity contribution is -0.384. The molecule has 0 radical (unpaired) electrons. The fourth-order valence-electron chi connectivity index (χ4n) is 2.44. The van der Waals surface area contributed by atoms with Crippen LogP contribution in [0.1, 0.15) is 25.5 Å². The van der Waals surface area contributed by atoms with Crippen LogP contribution in [0.4, 0.5) is 10.5 Å². The van der Waals surface area contributed by atoms with Crippen LogP contribution in [0.2, 0.25) is 0 Å². The number of hydrogen-bond acceptors (Lipinski definition) is 6. The van der Waals surface area contributed by atoms with Gasteiger partial charge in [0, 0.05) is 17.8 Å². The van der Waals surface area contributed by atoms with Gasteiger partial charge in [0.25, 0.3) is 5.69 Å². The number of benzene rings is 1. The predicted octanol–water partition coefficient (Wildman–Crippen LogP) is 1.65. The first-order valence-electron chi connectivity index (χ1n) is 7.07. The molecule has 1 aliphatic rings. The number of carbonyl (C=O) groups excluding carboxylic acids is 3. The fraction of sp³-hybridized carbons (Fsp3) is 0.267. The highest BCUT2D eigenvalue weighted by Gasteiger charge is 2.38. The van der Waals surface area contributed by atoms with Gasteiger partial charge in [0.05, 0.1) is 17.1 Å². The van der Waals surface area contributed by atoms with Crippen LogP contribution in [-0.2, 0) is 14.3 Å². The zero-order valence-electron chi connectivity index (χ0n) is 13.0. The minimum atomic E-state index is -1.02. The molecule has 9 heteroatoms. The number of allylic oxidation sites excluding steroid dienone is 1. The van der Waals surface area contributed by atoms with Crippen LogP contribution in [0.25, 0.3) is 0 Å². The van der Waals surface area contributed by atoms with Crippen molar-refractivity contribution < 1.29 is 24.0 Å². The SMILES string of the molecule is CCOC(=O)C1=C(C)NC(=O)N(C=O)[C@@H]1c1ccc([N+](=O)[O-])cc1. The largest absolute Gasteiger partial charge is 0.463 e. The molecular formula is C15H15N3O6. The molecule has 0 aromatic heterocycles. The van der Waals surface area contributed by atoms with Crippen LogP contribution in [0, 0.1) is 10.1 Å². The normalized spacial score (nSPS) is 17.3. The lowest BCUT2D eigenvalue weighted by Gasteiger charge is -2.33. The molecule has 2 rings (SSSR count). The first kappa shape index (κ1) is 17.1. The average molecular weight is 333 g/mol. The Morgan fingerprint density at radius 3 is 2.54 bits per heavy atom. The average Bonchev–Trinajstić information content (AvgIpc) is 2.54. The standard InChI is InChI=1S/C15H15N3O6/c1-3-24-14(20)12-9(2)16-15(21)17(8-19)13(12)10-4-6-11(7-5-10)18(22)23/h4-8,13H,3H2,1-2H3,(H,16,21)/t13-/m1/s1. The molecule has 1 atom stereocenters. The number of nitro groups is 1. The summed E-state index contributed by atoms with van der Waals surface area (Å²) >= 11 is 0. The van der Waals surface area contributed by atoms with Crippen LogP contribution in [0.15, 0.2) is 35.5 Å². The number of rotatable bonds is 5. The first-order valence-corrected chi connectivity index (χ1v) is 7.07. The Morgan fingerprint density at radius 1 is 1.42 bits per heavy atom. The van der Waals surface area contributed by atoms with Crippen molar-refractivity contribution in [3.63, 3.8) is 0 Å². The molecule has 0 spiro atoms. The number of urea groups is 1. The molecule has 24 heavy (non-hydrogen) atoms. The summed E-state index contributed by atoms with van der Waals surface area (Å²) in [5, 5.41) is 13.2. The third kappa shape index (κ3) is 3.09. The van der Waals surface area contributed by atoms with Gasteiger partial charge >= 0.3 is 12.0 Å². The number of ether oxygens (including phenoxy) is 1. The Kier molecular flexibility index (Phi) is 4.93. The topological polar surface area (TPSA) is 119 Å². The van der Waals surface area contributed by atoms with Crippen molar-refractivity contribution in [1.29, 1.82) is 0 Å². The van der Waals surface area contributed by atoms with E-state index in [1.807, 2.05) is 0 Å². The second-order valence-electron chi connectivity index (χ2n) is 4.95. The van der Waals surface area contributed by atoms with Crippen LogP contribution >= 0.6 is 0 Å². The van der Waals surface area contributed by atoms with Crippen LogP contribution < -0.4 is 5.32 Å². The summed E-state index contributed by atoms with van der Waals surface area (Å²) < 4.78 is 4.99. The Hall–Kier alpha value is -3.23. The minimum Gasteiger partial charge on any atom is -0.463 e. The molecule has 9 nitrogen and oxygen atoms in total. The molecule has 1 heterocycles. The van der Waals surface area contributed by atoms with E-state index >= 15 is 0 Å². The number of nitrogens with one attached hydrogen (secondary N) is 1. The minimum absolute atomic E-state index is 0.0948. The lowest BCUT2D eigenvalue weighted by Crippen LogP contribution is -2.47. The number of amides is 3. The maximum absolute atomic E-state index is 12.3. The van der Waals surface area contributed by atoms with Gasteiger partial charge in [-0.1, -0.05) is 0 Å². The third-order valence-electron chi connectivity index (χ3n) is 3.51. The smallest absolute Gasteiger partial charge is 0.338 e. The van der Waals surface area contributed by atoms with Crippen molar-refractivity contribution in [3.05, 3.63) is 51.2 Å². The Bertz CT molecular complexity index is 725. The molecule has 3 amide bonds. The van der Waals surface area contributed by atoms with Crippen molar-refractivity contribution in [2.45, 2.75) is 19.9 Å². The van der Waals surface area contributed by atoms with E-state index in [2.05, 4.69) is 5.32 Å². The van der Waals surface area contributed by atoms with E-state index in [1.54, 1.807) is 6.92 Å². The van der Waals surface area contributed by atoms with E-state index in [-0.39, 0.29) is 23.6 Å². The Balaban J connectivity index is 2.55. The highest BCUT2D eigenvalue weighted by atomic mass is 16.6. The number of nitrogens with zero attached hydrogens (tertiary/aromatic N) is 2. The summed E-state index contributed by atoms with van der Waals surface area (Å²) in [5.41, 5.74) is 0.595. The van der Waals surface area contributed by atoms with Gasteiger partial charge < -0.3 is 10.1 Å². The van der Waals surface area contributed by atoms with Gasteiger partial charge in [0.1, 0.15) is 6.04 Å². The molecule has 0 unspecified atom stereocenters. The molecule has 0 aliphatic carbocycles. The molecule has 0 fully saturated rings. The van der Waals surface area contributed by atoms with Crippen molar-refractivity contribution in [3.8, 4) is 0 Å². The second-order valence-corrected chi connectivity index (χ2v) is 4.95. The fourth-order valence-corrected chi connectivity index (χ4v) is 2.44. The van der Waals surface area contributed by atoms with Crippen LogP contribution in [-0.4, -0.2) is 34.8 Å². The van der Waals surface area contributed by atoms with Gasteiger partial charge in [0.15, 0.2) is 0 Å². The monoisotopic (exact) mass is 333 g/mol. The Morgan fingerprint density at radius 2 is 2.04 bits per heavy atom. The number of hydrogen-bond donors (Lipinski definition) is 1. The molecule has 1 aromatic rings. The zero-order chi connectivity index (χ0) is 17.9. The van der Waals surface area contributed by atoms with E-state index in [0.29, 0.717) is 12.0 Å². The number of carbonyl (C=O) groups is 3. The molecule has 126 valence electrons. The lowest BCUT2D eigenvalue weighted by atomic mass is 9.94. The number of nitro benzene ring substituents is 1. The number of non-ortho nitro benzene ring substituents is 1. The Labute approximate surface area is 137 Å². The number of esters is 1. The van der Waals surface area contributed by atoms with Crippen LogP contribution in [0.5, 0.6) is 0 Å². The maximum Gasteiger partial charge on any atom is 0.338 e. The summed E-state index contributed by atoms with van der Waals surface area (Å²) in [5.74, 6) is -0.676. The summed E-state index contributed by atoms with van der Waals surface area (Å²) in [4.78, 5) is 46.6. The van der Waals surface area contributed by atoms with Gasteiger partial charge in [-0.05, 0) is 31.5 Å². The molecule has 0 saturated carbocycles. The quantitative estimate of drug-likeness (QED) is 0.379. The molecule has 1 aliphatic heterocycles. The van der Waals surface area contributed by atoms with E-state index < -0.39 is 23.0 Å². The first-order chi connectivity index (χ1) is 11.4. The van der Waals surface area contributed by atoms with Gasteiger partial charge in [-0.25, -0.2) is 9.59 Å². The molecule has 0 saturated heterocycles. The van der Waals surface area contributed by atoms with Crippen molar-refractivity contribution in [2.75, 3.05) is 6.61 Å². The highest BCUT2D eigenvalue weighted by molar-refractivity contribution is 5.98. The van der Waals surface area contributed by atoms with Gasteiger partial charge in [0.2, 0.25) is 6.41 Å². The number of imide groups is 1. The summed E-state index contributed by atoms with van der Waals surface area (Å²) in [7, 11) is 0. The zero-order valence-corrected chi connectivity index (χ0v) is 13.0.